The molecule has 2 saturated heterocycles. The summed E-state index contributed by atoms with van der Waals surface area (Å²) in [6, 6.07) is 0. The second kappa shape index (κ2) is 5.92. The highest BCUT2D eigenvalue weighted by molar-refractivity contribution is 7.80. The van der Waals surface area contributed by atoms with Crippen LogP contribution in [0.1, 0.15) is 25.7 Å². The Bertz CT molecular complexity index is 241. The van der Waals surface area contributed by atoms with Crippen LogP contribution in [0.4, 0.5) is 0 Å². The maximum absolute atomic E-state index is 11.6. The van der Waals surface area contributed by atoms with Gasteiger partial charge in [0.15, 0.2) is 0 Å². The summed E-state index contributed by atoms with van der Waals surface area (Å²) in [5, 5.41) is 0. The third kappa shape index (κ3) is 3.14. The van der Waals surface area contributed by atoms with Crippen molar-refractivity contribution >= 4 is 18.5 Å². The van der Waals surface area contributed by atoms with Crippen LogP contribution in [0.5, 0.6) is 0 Å². The minimum atomic E-state index is 0.334. The van der Waals surface area contributed by atoms with Crippen molar-refractivity contribution in [3.05, 3.63) is 0 Å². The molecule has 2 fully saturated rings. The molecule has 3 nitrogen and oxygen atoms in total. The Morgan fingerprint density at radius 3 is 2.62 bits per heavy atom. The predicted molar refractivity (Wildman–Crippen MR) is 68.8 cm³/mol. The first-order valence-corrected chi connectivity index (χ1v) is 7.04. The molecular formula is C12H22N2OS. The van der Waals surface area contributed by atoms with Gasteiger partial charge in [-0.05, 0) is 50.6 Å². The van der Waals surface area contributed by atoms with E-state index in [0.29, 0.717) is 18.2 Å². The molecule has 0 aromatic heterocycles. The first kappa shape index (κ1) is 12.2. The molecule has 0 N–H and O–H groups in total. The maximum Gasteiger partial charge on any atom is 0.222 e. The molecule has 0 aromatic rings. The summed E-state index contributed by atoms with van der Waals surface area (Å²) >= 11 is 4.27. The maximum atomic E-state index is 11.6. The van der Waals surface area contributed by atoms with Gasteiger partial charge in [-0.25, -0.2) is 0 Å². The SMILES string of the molecule is O=C1CC(CS)CN1CCCN1CCCC1. The van der Waals surface area contributed by atoms with Crippen LogP contribution in [-0.2, 0) is 4.79 Å². The Balaban J connectivity index is 1.64. The molecule has 0 aliphatic carbocycles. The van der Waals surface area contributed by atoms with Crippen LogP contribution < -0.4 is 0 Å². The molecule has 2 heterocycles. The van der Waals surface area contributed by atoms with Gasteiger partial charge in [-0.3, -0.25) is 4.79 Å². The largest absolute Gasteiger partial charge is 0.342 e. The molecule has 2 rings (SSSR count). The van der Waals surface area contributed by atoms with Crippen molar-refractivity contribution in [2.24, 2.45) is 5.92 Å². The van der Waals surface area contributed by atoms with Gasteiger partial charge in [-0.15, -0.1) is 0 Å². The van der Waals surface area contributed by atoms with Crippen LogP contribution in [0.3, 0.4) is 0 Å². The lowest BCUT2D eigenvalue weighted by Crippen LogP contribution is -2.30. The second-order valence-corrected chi connectivity index (χ2v) is 5.36. The molecule has 4 heteroatoms. The highest BCUT2D eigenvalue weighted by Crippen LogP contribution is 2.19. The van der Waals surface area contributed by atoms with Gasteiger partial charge in [-0.1, -0.05) is 0 Å². The van der Waals surface area contributed by atoms with Gasteiger partial charge in [0, 0.05) is 19.5 Å². The zero-order chi connectivity index (χ0) is 11.4. The highest BCUT2D eigenvalue weighted by atomic mass is 32.1. The van der Waals surface area contributed by atoms with Crippen molar-refractivity contribution in [3.8, 4) is 0 Å². The molecule has 1 atom stereocenters. The number of carbonyl (C=O) groups is 1. The van der Waals surface area contributed by atoms with E-state index in [1.54, 1.807) is 0 Å². The molecule has 1 unspecified atom stereocenters. The smallest absolute Gasteiger partial charge is 0.222 e. The molecule has 16 heavy (non-hydrogen) atoms. The molecule has 0 radical (unpaired) electrons. The first-order chi connectivity index (χ1) is 7.79. The summed E-state index contributed by atoms with van der Waals surface area (Å²) in [7, 11) is 0. The van der Waals surface area contributed by atoms with E-state index in [9.17, 15) is 4.79 Å². The lowest BCUT2D eigenvalue weighted by molar-refractivity contribution is -0.127. The Morgan fingerprint density at radius 1 is 1.25 bits per heavy atom. The molecular weight excluding hydrogens is 220 g/mol. The summed E-state index contributed by atoms with van der Waals surface area (Å²) in [6.07, 6.45) is 4.55. The minimum Gasteiger partial charge on any atom is -0.342 e. The lowest BCUT2D eigenvalue weighted by Gasteiger charge is -2.19. The number of hydrogen-bond acceptors (Lipinski definition) is 3. The summed E-state index contributed by atoms with van der Waals surface area (Å²) in [4.78, 5) is 16.2. The van der Waals surface area contributed by atoms with Crippen LogP contribution >= 0.6 is 12.6 Å². The van der Waals surface area contributed by atoms with E-state index in [1.807, 2.05) is 4.90 Å². The Morgan fingerprint density at radius 2 is 2.00 bits per heavy atom. The quantitative estimate of drug-likeness (QED) is 0.734. The first-order valence-electron chi connectivity index (χ1n) is 6.40. The Labute approximate surface area is 104 Å². The topological polar surface area (TPSA) is 23.6 Å². The zero-order valence-corrected chi connectivity index (χ0v) is 10.8. The van der Waals surface area contributed by atoms with Crippen LogP contribution in [0.15, 0.2) is 0 Å². The van der Waals surface area contributed by atoms with E-state index in [1.165, 1.54) is 25.9 Å². The average Bonchev–Trinajstić information content (AvgIpc) is 2.89. The van der Waals surface area contributed by atoms with E-state index in [2.05, 4.69) is 17.5 Å². The average molecular weight is 242 g/mol. The van der Waals surface area contributed by atoms with Gasteiger partial charge in [-0.2, -0.15) is 12.6 Å². The molecule has 2 aliphatic heterocycles. The zero-order valence-electron chi connectivity index (χ0n) is 9.90. The second-order valence-electron chi connectivity index (χ2n) is 4.99. The van der Waals surface area contributed by atoms with Gasteiger partial charge < -0.3 is 9.80 Å². The summed E-state index contributed by atoms with van der Waals surface area (Å²) in [5.74, 6) is 1.66. The van der Waals surface area contributed by atoms with Crippen molar-refractivity contribution in [1.29, 1.82) is 0 Å². The number of likely N-dealkylation sites (tertiary alicyclic amines) is 2. The number of carbonyl (C=O) groups excluding carboxylic acids is 1. The summed E-state index contributed by atoms with van der Waals surface area (Å²) < 4.78 is 0. The number of hydrogen-bond donors (Lipinski definition) is 1. The van der Waals surface area contributed by atoms with Crippen LogP contribution in [0.25, 0.3) is 0 Å². The summed E-state index contributed by atoms with van der Waals surface area (Å²) in [5.41, 5.74) is 0. The molecule has 0 bridgehead atoms. The fraction of sp³-hybridized carbons (Fsp3) is 0.917. The van der Waals surface area contributed by atoms with Crippen molar-refractivity contribution in [1.82, 2.24) is 9.80 Å². The Kier molecular flexibility index (Phi) is 4.53. The fourth-order valence-electron chi connectivity index (χ4n) is 2.68. The summed E-state index contributed by atoms with van der Waals surface area (Å²) in [6.45, 7) is 5.55. The fourth-order valence-corrected chi connectivity index (χ4v) is 2.93. The third-order valence-electron chi connectivity index (χ3n) is 3.65. The molecule has 0 saturated carbocycles. The number of thiol groups is 1. The van der Waals surface area contributed by atoms with E-state index >= 15 is 0 Å². The third-order valence-corrected chi connectivity index (χ3v) is 4.17. The normalized spacial score (nSPS) is 26.9. The number of nitrogens with zero attached hydrogens (tertiary/aromatic N) is 2. The minimum absolute atomic E-state index is 0.334. The predicted octanol–water partition coefficient (Wildman–Crippen LogP) is 1.25. The van der Waals surface area contributed by atoms with Crippen molar-refractivity contribution in [2.75, 3.05) is 38.5 Å². The standard InChI is InChI=1S/C12H22N2OS/c15-12-8-11(10-16)9-14(12)7-3-6-13-4-1-2-5-13/h11,16H,1-10H2. The van der Waals surface area contributed by atoms with Crippen LogP contribution in [0.2, 0.25) is 0 Å². The van der Waals surface area contributed by atoms with Crippen LogP contribution in [-0.4, -0.2) is 54.2 Å². The Hall–Kier alpha value is -0.220. The van der Waals surface area contributed by atoms with Gasteiger partial charge >= 0.3 is 0 Å². The van der Waals surface area contributed by atoms with Gasteiger partial charge in [0.1, 0.15) is 0 Å². The molecule has 92 valence electrons. The van der Waals surface area contributed by atoms with Crippen molar-refractivity contribution in [3.63, 3.8) is 0 Å². The van der Waals surface area contributed by atoms with Gasteiger partial charge in [0.05, 0.1) is 0 Å². The molecule has 0 spiro atoms. The van der Waals surface area contributed by atoms with Crippen LogP contribution in [0, 0.1) is 5.92 Å². The van der Waals surface area contributed by atoms with E-state index in [-0.39, 0.29) is 0 Å². The van der Waals surface area contributed by atoms with Gasteiger partial charge in [0.25, 0.3) is 0 Å². The van der Waals surface area contributed by atoms with E-state index in [0.717, 1.165) is 31.8 Å². The molecule has 0 aromatic carbocycles. The van der Waals surface area contributed by atoms with Crippen molar-refractivity contribution < 1.29 is 4.79 Å². The molecule has 2 aliphatic rings. The number of amides is 1. The van der Waals surface area contributed by atoms with Gasteiger partial charge in [0.2, 0.25) is 5.91 Å². The van der Waals surface area contributed by atoms with Crippen molar-refractivity contribution in [2.45, 2.75) is 25.7 Å². The monoisotopic (exact) mass is 242 g/mol. The van der Waals surface area contributed by atoms with E-state index < -0.39 is 0 Å². The molecule has 1 amide bonds. The van der Waals surface area contributed by atoms with E-state index in [4.69, 9.17) is 0 Å². The number of rotatable bonds is 5. The lowest BCUT2D eigenvalue weighted by atomic mass is 10.1. The highest BCUT2D eigenvalue weighted by Gasteiger charge is 2.28.